The van der Waals surface area contributed by atoms with Gasteiger partial charge in [0.1, 0.15) is 16.8 Å². The van der Waals surface area contributed by atoms with Gasteiger partial charge in [0.25, 0.3) is 0 Å². The molecule has 4 heteroatoms. The molecule has 0 heterocycles. The van der Waals surface area contributed by atoms with Gasteiger partial charge in [-0.25, -0.2) is 0 Å². The first kappa shape index (κ1) is 50.8. The molecule has 0 atom stereocenters. The van der Waals surface area contributed by atoms with Gasteiger partial charge < -0.3 is 14.0 Å². The molecule has 9 aromatic carbocycles. The van der Waals surface area contributed by atoms with Gasteiger partial charge in [-0.2, -0.15) is 0 Å². The van der Waals surface area contributed by atoms with E-state index in [0.29, 0.717) is 19.3 Å². The second-order valence-corrected chi connectivity index (χ2v) is 21.5. The van der Waals surface area contributed by atoms with Crippen LogP contribution in [-0.2, 0) is 50.0 Å². The van der Waals surface area contributed by atoms with Crippen LogP contribution in [0.2, 0.25) is 0 Å². The van der Waals surface area contributed by atoms with Crippen LogP contribution in [0.4, 0.5) is 0 Å². The maximum Gasteiger partial charge on any atom is 0.642 e. The van der Waals surface area contributed by atoms with Crippen LogP contribution >= 0.6 is 0 Å². The van der Waals surface area contributed by atoms with Gasteiger partial charge in [0, 0.05) is 16.2 Å². The van der Waals surface area contributed by atoms with E-state index in [-0.39, 0.29) is 0 Å². The van der Waals surface area contributed by atoms with E-state index in [1.54, 1.807) is 0 Å². The lowest BCUT2D eigenvalue weighted by molar-refractivity contribution is -0.143. The second kappa shape index (κ2) is 22.0. The molecule has 0 bridgehead atoms. The van der Waals surface area contributed by atoms with Crippen LogP contribution < -0.4 is 0 Å². The van der Waals surface area contributed by atoms with Crippen LogP contribution in [0.1, 0.15) is 91.6 Å². The average molecular weight is 957 g/mol. The van der Waals surface area contributed by atoms with E-state index in [0.717, 1.165) is 33.4 Å². The largest absolute Gasteiger partial charge is 0.642 e. The lowest BCUT2D eigenvalue weighted by Crippen LogP contribution is -2.59. The summed E-state index contributed by atoms with van der Waals surface area (Å²) in [6.45, 7) is 14.0. The lowest BCUT2D eigenvalue weighted by Gasteiger charge is -2.54. The molecular weight excluding hydrogens is 888 g/mol. The molecule has 0 fully saturated rings. The molecule has 0 saturated carbocycles. The van der Waals surface area contributed by atoms with Crippen LogP contribution in [-0.4, -0.2) is 7.32 Å². The van der Waals surface area contributed by atoms with E-state index in [4.69, 9.17) is 14.0 Å². The van der Waals surface area contributed by atoms with E-state index >= 15 is 0 Å². The molecule has 3 nitrogen and oxygen atoms in total. The zero-order valence-corrected chi connectivity index (χ0v) is 43.4. The first-order chi connectivity index (χ1) is 35.4. The summed E-state index contributed by atoms with van der Waals surface area (Å²) in [7, 11) is -1.37. The Bertz CT molecular complexity index is 2600. The van der Waals surface area contributed by atoms with Crippen LogP contribution in [0.3, 0.4) is 0 Å². The highest BCUT2D eigenvalue weighted by Gasteiger charge is 2.61. The van der Waals surface area contributed by atoms with Crippen molar-refractivity contribution in [3.8, 4) is 0 Å². The maximum absolute atomic E-state index is 8.49. The highest BCUT2D eigenvalue weighted by Crippen LogP contribution is 2.57. The summed E-state index contributed by atoms with van der Waals surface area (Å²) in [6.07, 6.45) is 2.02. The summed E-state index contributed by atoms with van der Waals surface area (Å²) in [5.74, 6) is 0. The zero-order valence-electron chi connectivity index (χ0n) is 43.4. The SMILES string of the molecule is CC(C)(Cc1ccccc1)C(OB(OC(c1ccccc1)(c1ccccc1)C(C)(C)Cc1ccccc1)OC(c1ccccc1)(c1ccccc1)C(C)(C)Cc1ccccc1)(c1ccccc1)c1ccccc1. The third kappa shape index (κ3) is 10.3. The Labute approximate surface area is 436 Å². The average Bonchev–Trinajstić information content (AvgIpc) is 3.42. The van der Waals surface area contributed by atoms with E-state index < -0.39 is 40.4 Å². The molecular formula is C69H69BO3. The number of benzene rings is 9. The van der Waals surface area contributed by atoms with Gasteiger partial charge in [0.05, 0.1) is 0 Å². The Morgan fingerprint density at radius 3 is 0.548 bits per heavy atom. The normalized spacial score (nSPS) is 12.6. The highest BCUT2D eigenvalue weighted by molar-refractivity contribution is 6.37. The minimum atomic E-state index is -1.37. The molecule has 0 spiro atoms. The van der Waals surface area contributed by atoms with E-state index in [9.17, 15) is 0 Å². The fraction of sp³-hybridized carbons (Fsp3) is 0.217. The molecule has 0 saturated heterocycles. The zero-order chi connectivity index (χ0) is 50.8. The number of hydrogen-bond acceptors (Lipinski definition) is 3. The predicted octanol–water partition coefficient (Wildman–Crippen LogP) is 16.7. The maximum atomic E-state index is 8.49. The number of hydrogen-bond donors (Lipinski definition) is 0. The molecule has 73 heavy (non-hydrogen) atoms. The molecule has 0 unspecified atom stereocenters. The Morgan fingerprint density at radius 1 is 0.233 bits per heavy atom. The van der Waals surface area contributed by atoms with Crippen molar-refractivity contribution in [2.75, 3.05) is 0 Å². The standard InChI is InChI=1S/C69H69BO3/c1-64(2,52-55-34-16-7-17-35-55)67(58-40-22-10-23-41-58,59-42-24-11-25-43-59)71-70(72-68(60-44-26-12-27-45-60,61-46-28-13-29-47-61)65(3,4)53-56-36-18-8-19-37-56)73-69(62-48-30-14-31-49-62,63-50-32-15-33-51-63)66(5,6)54-57-38-20-9-21-39-57/h7-51H,52-54H2,1-6H3. The molecule has 0 aliphatic heterocycles. The topological polar surface area (TPSA) is 27.7 Å². The van der Waals surface area contributed by atoms with Crippen molar-refractivity contribution >= 4 is 7.32 Å². The summed E-state index contributed by atoms with van der Waals surface area (Å²) in [4.78, 5) is 0. The Balaban J connectivity index is 1.40. The fourth-order valence-corrected chi connectivity index (χ4v) is 12.0. The molecule has 0 amide bonds. The van der Waals surface area contributed by atoms with E-state index in [2.05, 4.69) is 315 Å². The molecule has 0 aliphatic carbocycles. The summed E-state index contributed by atoms with van der Waals surface area (Å²) in [5, 5.41) is 0. The smallest absolute Gasteiger partial charge is 0.371 e. The first-order valence-corrected chi connectivity index (χ1v) is 25.9. The van der Waals surface area contributed by atoms with Crippen molar-refractivity contribution in [1.82, 2.24) is 0 Å². The molecule has 9 aromatic rings. The lowest BCUT2D eigenvalue weighted by atomic mass is 9.62. The Hall–Kier alpha value is -7.08. The molecule has 0 radical (unpaired) electrons. The van der Waals surface area contributed by atoms with Crippen LogP contribution in [0, 0.1) is 16.2 Å². The minimum absolute atomic E-state index is 0.647. The molecule has 9 rings (SSSR count). The van der Waals surface area contributed by atoms with Gasteiger partial charge in [0.2, 0.25) is 0 Å². The number of rotatable bonds is 21. The van der Waals surface area contributed by atoms with Gasteiger partial charge in [-0.3, -0.25) is 0 Å². The molecule has 0 N–H and O–H groups in total. The van der Waals surface area contributed by atoms with Crippen LogP contribution in [0.25, 0.3) is 0 Å². The monoisotopic (exact) mass is 957 g/mol. The Kier molecular flexibility index (Phi) is 15.3. The molecule has 0 aliphatic rings. The fourth-order valence-electron chi connectivity index (χ4n) is 12.0. The van der Waals surface area contributed by atoms with Crippen molar-refractivity contribution in [3.63, 3.8) is 0 Å². The summed E-state index contributed by atoms with van der Waals surface area (Å²) in [5.41, 5.74) is 4.00. The second-order valence-electron chi connectivity index (χ2n) is 21.5. The molecule has 366 valence electrons. The van der Waals surface area contributed by atoms with Gasteiger partial charge in [0.15, 0.2) is 0 Å². The van der Waals surface area contributed by atoms with Crippen LogP contribution in [0.15, 0.2) is 273 Å². The summed E-state index contributed by atoms with van der Waals surface area (Å²) < 4.78 is 25.5. The van der Waals surface area contributed by atoms with Crippen molar-refractivity contribution in [3.05, 3.63) is 323 Å². The summed E-state index contributed by atoms with van der Waals surface area (Å²) >= 11 is 0. The van der Waals surface area contributed by atoms with Crippen LogP contribution in [0.5, 0.6) is 0 Å². The third-order valence-electron chi connectivity index (χ3n) is 15.2. The Morgan fingerprint density at radius 2 is 0.384 bits per heavy atom. The van der Waals surface area contributed by atoms with Gasteiger partial charge in [-0.1, -0.05) is 315 Å². The van der Waals surface area contributed by atoms with Gasteiger partial charge in [-0.05, 0) is 69.3 Å². The van der Waals surface area contributed by atoms with Crippen molar-refractivity contribution in [1.29, 1.82) is 0 Å². The minimum Gasteiger partial charge on any atom is -0.371 e. The highest BCUT2D eigenvalue weighted by atomic mass is 16.8. The molecule has 0 aromatic heterocycles. The predicted molar refractivity (Wildman–Crippen MR) is 302 cm³/mol. The van der Waals surface area contributed by atoms with Crippen molar-refractivity contribution < 1.29 is 14.0 Å². The van der Waals surface area contributed by atoms with Gasteiger partial charge in [-0.15, -0.1) is 0 Å². The van der Waals surface area contributed by atoms with E-state index in [1.165, 1.54) is 16.7 Å². The quantitative estimate of drug-likeness (QED) is 0.0672. The van der Waals surface area contributed by atoms with E-state index in [1.807, 2.05) is 0 Å². The third-order valence-corrected chi connectivity index (χ3v) is 15.2. The van der Waals surface area contributed by atoms with Crippen molar-refractivity contribution in [2.45, 2.75) is 77.6 Å². The first-order valence-electron chi connectivity index (χ1n) is 25.9. The van der Waals surface area contributed by atoms with Crippen molar-refractivity contribution in [2.24, 2.45) is 16.2 Å². The summed E-state index contributed by atoms with van der Waals surface area (Å²) in [6, 6.07) is 96.7. The van der Waals surface area contributed by atoms with Gasteiger partial charge >= 0.3 is 7.32 Å².